The van der Waals surface area contributed by atoms with Gasteiger partial charge in [-0.1, -0.05) is 36.7 Å². The monoisotopic (exact) mass is 290 g/mol. The van der Waals surface area contributed by atoms with Crippen LogP contribution < -0.4 is 0 Å². The molecule has 1 atom stereocenters. The molecule has 2 rings (SSSR count). The molecule has 0 amide bonds. The molecule has 106 valence electrons. The van der Waals surface area contributed by atoms with Gasteiger partial charge in [0.05, 0.1) is 11.8 Å². The molecule has 0 saturated carbocycles. The number of aromatic nitrogens is 1. The maximum atomic E-state index is 10.3. The molecule has 1 N–H and O–H groups in total. The molecule has 3 nitrogen and oxygen atoms in total. The number of nitrogens with zero attached hydrogens (tertiary/aromatic N) is 2. The Hall–Kier alpha value is -1.42. The summed E-state index contributed by atoms with van der Waals surface area (Å²) in [6.07, 6.45) is 1.24. The average Bonchev–Trinajstić information content (AvgIpc) is 2.47. The summed E-state index contributed by atoms with van der Waals surface area (Å²) < 4.78 is 0. The van der Waals surface area contributed by atoms with Crippen LogP contribution >= 0.6 is 11.6 Å². The second kappa shape index (κ2) is 7.39. The van der Waals surface area contributed by atoms with Gasteiger partial charge in [0.15, 0.2) is 0 Å². The zero-order valence-corrected chi connectivity index (χ0v) is 12.3. The first-order chi connectivity index (χ1) is 9.69. The smallest absolute Gasteiger partial charge is 0.0917 e. The number of hydrogen-bond donors (Lipinski definition) is 1. The Balaban J connectivity index is 1.99. The van der Waals surface area contributed by atoms with E-state index in [0.717, 1.165) is 24.3 Å². The number of aliphatic hydroxyl groups excluding tert-OH is 1. The molecule has 4 heteroatoms. The maximum absolute atomic E-state index is 10.3. The van der Waals surface area contributed by atoms with Crippen molar-refractivity contribution in [2.75, 3.05) is 13.1 Å². The van der Waals surface area contributed by atoms with E-state index < -0.39 is 6.10 Å². The summed E-state index contributed by atoms with van der Waals surface area (Å²) in [6.45, 7) is 4.23. The van der Waals surface area contributed by atoms with Crippen LogP contribution in [0.2, 0.25) is 5.02 Å². The van der Waals surface area contributed by atoms with Crippen molar-refractivity contribution in [2.45, 2.75) is 19.6 Å². The molecule has 0 saturated heterocycles. The Morgan fingerprint density at radius 1 is 1.25 bits per heavy atom. The van der Waals surface area contributed by atoms with Crippen molar-refractivity contribution in [1.29, 1.82) is 0 Å². The molecule has 0 bridgehead atoms. The number of aliphatic hydroxyl groups is 1. The van der Waals surface area contributed by atoms with E-state index in [1.807, 2.05) is 36.4 Å². The fourth-order valence-corrected chi connectivity index (χ4v) is 2.29. The van der Waals surface area contributed by atoms with E-state index in [4.69, 9.17) is 11.6 Å². The molecule has 0 fully saturated rings. The van der Waals surface area contributed by atoms with E-state index in [2.05, 4.69) is 16.8 Å². The number of likely N-dealkylation sites (N-methyl/N-ethyl adjacent to an activating group) is 1. The molecule has 1 unspecified atom stereocenters. The standard InChI is InChI=1S/C16H19ClN2O/c1-2-19(11-15-8-3-4-9-18-15)12-16(20)13-6-5-7-14(17)10-13/h3-10,16,20H,2,11-12H2,1H3. The predicted octanol–water partition coefficient (Wildman–Crippen LogP) is 3.29. The molecule has 1 aromatic heterocycles. The van der Waals surface area contributed by atoms with Crippen LogP contribution in [-0.2, 0) is 6.54 Å². The predicted molar refractivity (Wildman–Crippen MR) is 81.6 cm³/mol. The highest BCUT2D eigenvalue weighted by molar-refractivity contribution is 6.30. The normalized spacial score (nSPS) is 12.6. The largest absolute Gasteiger partial charge is 0.387 e. The van der Waals surface area contributed by atoms with Crippen LogP contribution in [0.3, 0.4) is 0 Å². The minimum atomic E-state index is -0.544. The topological polar surface area (TPSA) is 36.4 Å². The minimum absolute atomic E-state index is 0.544. The van der Waals surface area contributed by atoms with Gasteiger partial charge >= 0.3 is 0 Å². The first kappa shape index (κ1) is 15.0. The van der Waals surface area contributed by atoms with Gasteiger partial charge in [-0.05, 0) is 36.4 Å². The van der Waals surface area contributed by atoms with E-state index in [-0.39, 0.29) is 0 Å². The third-order valence-electron chi connectivity index (χ3n) is 3.22. The first-order valence-corrected chi connectivity index (χ1v) is 7.12. The van der Waals surface area contributed by atoms with Gasteiger partial charge in [0.25, 0.3) is 0 Å². The second-order valence-electron chi connectivity index (χ2n) is 4.72. The molecule has 0 spiro atoms. The molecule has 0 aliphatic carbocycles. The van der Waals surface area contributed by atoms with Gasteiger partial charge in [0, 0.05) is 24.3 Å². The van der Waals surface area contributed by atoms with Crippen molar-refractivity contribution in [1.82, 2.24) is 9.88 Å². The van der Waals surface area contributed by atoms with Crippen LogP contribution in [0.25, 0.3) is 0 Å². The number of benzene rings is 1. The van der Waals surface area contributed by atoms with Crippen molar-refractivity contribution in [3.8, 4) is 0 Å². The summed E-state index contributed by atoms with van der Waals surface area (Å²) in [4.78, 5) is 6.48. The van der Waals surface area contributed by atoms with E-state index in [9.17, 15) is 5.11 Å². The lowest BCUT2D eigenvalue weighted by molar-refractivity contribution is 0.111. The highest BCUT2D eigenvalue weighted by atomic mass is 35.5. The van der Waals surface area contributed by atoms with Gasteiger partial charge in [-0.15, -0.1) is 0 Å². The summed E-state index contributed by atoms with van der Waals surface area (Å²) in [5.74, 6) is 0. The Bertz CT molecular complexity index is 533. The van der Waals surface area contributed by atoms with Crippen LogP contribution in [0.4, 0.5) is 0 Å². The third kappa shape index (κ3) is 4.30. The lowest BCUT2D eigenvalue weighted by Gasteiger charge is -2.23. The highest BCUT2D eigenvalue weighted by Gasteiger charge is 2.13. The summed E-state index contributed by atoms with van der Waals surface area (Å²) in [6, 6.07) is 13.2. The number of rotatable bonds is 6. The highest BCUT2D eigenvalue weighted by Crippen LogP contribution is 2.19. The van der Waals surface area contributed by atoms with E-state index in [0.29, 0.717) is 11.6 Å². The van der Waals surface area contributed by atoms with Gasteiger partial charge in [-0.25, -0.2) is 0 Å². The molecule has 2 aromatic rings. The van der Waals surface area contributed by atoms with Crippen molar-refractivity contribution in [2.24, 2.45) is 0 Å². The molecule has 20 heavy (non-hydrogen) atoms. The average molecular weight is 291 g/mol. The van der Waals surface area contributed by atoms with Crippen molar-refractivity contribution < 1.29 is 5.11 Å². The number of halogens is 1. The lowest BCUT2D eigenvalue weighted by atomic mass is 10.1. The zero-order chi connectivity index (χ0) is 14.4. The molecule has 1 heterocycles. The maximum Gasteiger partial charge on any atom is 0.0917 e. The molecule has 1 aromatic carbocycles. The van der Waals surface area contributed by atoms with Crippen LogP contribution in [0, 0.1) is 0 Å². The second-order valence-corrected chi connectivity index (χ2v) is 5.16. The molecule has 0 aliphatic rings. The fraction of sp³-hybridized carbons (Fsp3) is 0.312. The van der Waals surface area contributed by atoms with Crippen molar-refractivity contribution in [3.05, 3.63) is 64.9 Å². The molecular formula is C16H19ClN2O. The first-order valence-electron chi connectivity index (χ1n) is 6.75. The van der Waals surface area contributed by atoms with Gasteiger partial charge in [0.2, 0.25) is 0 Å². The summed E-state index contributed by atoms with van der Waals surface area (Å²) in [5, 5.41) is 11.0. The fourth-order valence-electron chi connectivity index (χ4n) is 2.09. The molecule has 0 aliphatic heterocycles. The summed E-state index contributed by atoms with van der Waals surface area (Å²) >= 11 is 5.95. The Morgan fingerprint density at radius 3 is 2.75 bits per heavy atom. The zero-order valence-electron chi connectivity index (χ0n) is 11.5. The van der Waals surface area contributed by atoms with Crippen LogP contribution in [0.1, 0.15) is 24.3 Å². The lowest BCUT2D eigenvalue weighted by Crippen LogP contribution is -2.28. The summed E-state index contributed by atoms with van der Waals surface area (Å²) in [5.41, 5.74) is 1.85. The minimum Gasteiger partial charge on any atom is -0.387 e. The number of hydrogen-bond acceptors (Lipinski definition) is 3. The van der Waals surface area contributed by atoms with E-state index in [1.165, 1.54) is 0 Å². The molecule has 0 radical (unpaired) electrons. The van der Waals surface area contributed by atoms with Gasteiger partial charge in [0.1, 0.15) is 0 Å². The van der Waals surface area contributed by atoms with E-state index >= 15 is 0 Å². The molecular weight excluding hydrogens is 272 g/mol. The Kier molecular flexibility index (Phi) is 5.53. The SMILES string of the molecule is CCN(Cc1ccccn1)CC(O)c1cccc(Cl)c1. The van der Waals surface area contributed by atoms with Crippen molar-refractivity contribution in [3.63, 3.8) is 0 Å². The van der Waals surface area contributed by atoms with E-state index in [1.54, 1.807) is 12.3 Å². The van der Waals surface area contributed by atoms with Gasteiger partial charge in [-0.2, -0.15) is 0 Å². The quantitative estimate of drug-likeness (QED) is 0.887. The van der Waals surface area contributed by atoms with Crippen LogP contribution in [-0.4, -0.2) is 28.1 Å². The third-order valence-corrected chi connectivity index (χ3v) is 3.46. The van der Waals surface area contributed by atoms with Crippen molar-refractivity contribution >= 4 is 11.6 Å². The number of pyridine rings is 1. The van der Waals surface area contributed by atoms with Gasteiger partial charge in [-0.3, -0.25) is 9.88 Å². The van der Waals surface area contributed by atoms with Crippen LogP contribution in [0.5, 0.6) is 0 Å². The Labute approximate surface area is 124 Å². The van der Waals surface area contributed by atoms with Gasteiger partial charge < -0.3 is 5.11 Å². The Morgan fingerprint density at radius 2 is 2.10 bits per heavy atom. The van der Waals surface area contributed by atoms with Crippen LogP contribution in [0.15, 0.2) is 48.7 Å². The summed E-state index contributed by atoms with van der Waals surface area (Å²) in [7, 11) is 0.